The average Bonchev–Trinajstić information content (AvgIpc) is 3.19. The van der Waals surface area contributed by atoms with Gasteiger partial charge in [-0.3, -0.25) is 14.7 Å². The Hall–Kier alpha value is -2.77. The Balaban J connectivity index is 1.81. The molecule has 5 nitrogen and oxygen atoms in total. The van der Waals surface area contributed by atoms with Crippen LogP contribution in [-0.2, 0) is 6.54 Å². The molecular formula is C22H18BrN3O2S. The largest absolute Gasteiger partial charge is 0.494 e. The number of rotatable bonds is 5. The number of amides is 1. The van der Waals surface area contributed by atoms with Gasteiger partial charge in [0.2, 0.25) is 0 Å². The zero-order valence-electron chi connectivity index (χ0n) is 15.9. The van der Waals surface area contributed by atoms with E-state index in [-0.39, 0.29) is 5.91 Å². The van der Waals surface area contributed by atoms with E-state index in [1.165, 1.54) is 11.3 Å². The molecule has 146 valence electrons. The molecule has 0 fully saturated rings. The number of halogens is 1. The Kier molecular flexibility index (Phi) is 5.60. The van der Waals surface area contributed by atoms with Crippen LogP contribution in [0.25, 0.3) is 10.2 Å². The van der Waals surface area contributed by atoms with Crippen LogP contribution in [0.3, 0.4) is 0 Å². The van der Waals surface area contributed by atoms with Crippen LogP contribution in [0.2, 0.25) is 0 Å². The van der Waals surface area contributed by atoms with Crippen LogP contribution in [0, 0.1) is 6.92 Å². The van der Waals surface area contributed by atoms with Crippen LogP contribution < -0.4 is 9.64 Å². The van der Waals surface area contributed by atoms with Gasteiger partial charge < -0.3 is 4.74 Å². The number of hydrogen-bond acceptors (Lipinski definition) is 5. The van der Waals surface area contributed by atoms with Gasteiger partial charge in [-0.25, -0.2) is 4.98 Å². The number of hydrogen-bond donors (Lipinski definition) is 0. The lowest BCUT2D eigenvalue weighted by Gasteiger charge is -2.19. The van der Waals surface area contributed by atoms with Crippen molar-refractivity contribution in [1.29, 1.82) is 0 Å². The molecule has 0 saturated heterocycles. The van der Waals surface area contributed by atoms with Crippen molar-refractivity contribution >= 4 is 48.5 Å². The van der Waals surface area contributed by atoms with E-state index < -0.39 is 0 Å². The predicted octanol–water partition coefficient (Wildman–Crippen LogP) is 5.62. The topological polar surface area (TPSA) is 55.3 Å². The van der Waals surface area contributed by atoms with Crippen molar-refractivity contribution in [3.05, 3.63) is 82.1 Å². The molecule has 0 saturated carbocycles. The van der Waals surface area contributed by atoms with Crippen LogP contribution >= 0.6 is 27.3 Å². The van der Waals surface area contributed by atoms with Gasteiger partial charge in [-0.1, -0.05) is 39.4 Å². The van der Waals surface area contributed by atoms with E-state index in [2.05, 4.69) is 20.9 Å². The Morgan fingerprint density at radius 1 is 1.14 bits per heavy atom. The molecule has 0 atom stereocenters. The van der Waals surface area contributed by atoms with Gasteiger partial charge in [0, 0.05) is 16.2 Å². The lowest BCUT2D eigenvalue weighted by Crippen LogP contribution is -2.30. The summed E-state index contributed by atoms with van der Waals surface area (Å²) < 4.78 is 7.41. The van der Waals surface area contributed by atoms with Gasteiger partial charge in [-0.15, -0.1) is 0 Å². The average molecular weight is 468 g/mol. The first kappa shape index (κ1) is 19.5. The number of carbonyl (C=O) groups excluding carboxylic acids is 1. The Morgan fingerprint density at radius 3 is 2.62 bits per heavy atom. The summed E-state index contributed by atoms with van der Waals surface area (Å²) in [5.74, 6) is 0.570. The van der Waals surface area contributed by atoms with Gasteiger partial charge in [0.25, 0.3) is 5.91 Å². The predicted molar refractivity (Wildman–Crippen MR) is 120 cm³/mol. The van der Waals surface area contributed by atoms with Crippen LogP contribution in [0.1, 0.15) is 21.6 Å². The number of aryl methyl sites for hydroxylation is 1. The Bertz CT molecular complexity index is 1160. The highest BCUT2D eigenvalue weighted by Gasteiger charge is 2.23. The van der Waals surface area contributed by atoms with Crippen LogP contribution in [0.4, 0.5) is 5.13 Å². The molecule has 2 aromatic heterocycles. The Labute approximate surface area is 181 Å². The molecule has 0 aliphatic rings. The van der Waals surface area contributed by atoms with Crippen LogP contribution in [0.15, 0.2) is 65.3 Å². The summed E-state index contributed by atoms with van der Waals surface area (Å²) in [6.07, 6.45) is 1.73. The van der Waals surface area contributed by atoms with Gasteiger partial charge in [0.05, 0.1) is 24.0 Å². The van der Waals surface area contributed by atoms with Crippen molar-refractivity contribution in [1.82, 2.24) is 9.97 Å². The molecule has 29 heavy (non-hydrogen) atoms. The maximum atomic E-state index is 13.4. The first-order valence-electron chi connectivity index (χ1n) is 8.98. The number of methoxy groups -OCH3 is 1. The number of thiazole rings is 1. The van der Waals surface area contributed by atoms with Gasteiger partial charge in [-0.05, 0) is 55.0 Å². The van der Waals surface area contributed by atoms with Gasteiger partial charge in [-0.2, -0.15) is 0 Å². The number of nitrogens with zero attached hydrogens (tertiary/aromatic N) is 3. The maximum absolute atomic E-state index is 13.4. The number of anilines is 1. The molecule has 4 aromatic rings. The van der Waals surface area contributed by atoms with Crippen molar-refractivity contribution in [3.8, 4) is 5.75 Å². The zero-order valence-corrected chi connectivity index (χ0v) is 18.3. The van der Waals surface area contributed by atoms with Crippen molar-refractivity contribution in [3.63, 3.8) is 0 Å². The number of fused-ring (bicyclic) bond motifs is 1. The third-order valence-electron chi connectivity index (χ3n) is 4.53. The molecule has 4 rings (SSSR count). The molecule has 0 unspecified atom stereocenters. The third kappa shape index (κ3) is 4.02. The molecule has 1 amide bonds. The summed E-state index contributed by atoms with van der Waals surface area (Å²) in [4.78, 5) is 24.2. The summed E-state index contributed by atoms with van der Waals surface area (Å²) in [6, 6.07) is 16.9. The standard InChI is InChI=1S/C22H18BrN3O2S/c1-14-6-11-18(28-2)19-20(14)29-22(25-19)26(13-17-5-3-4-12-24-17)21(27)15-7-9-16(23)10-8-15/h3-12H,13H2,1-2H3. The van der Waals surface area contributed by atoms with E-state index >= 15 is 0 Å². The number of benzene rings is 2. The van der Waals surface area contributed by atoms with Crippen molar-refractivity contribution in [2.75, 3.05) is 12.0 Å². The summed E-state index contributed by atoms with van der Waals surface area (Å²) in [5.41, 5.74) is 3.24. The molecule has 0 bridgehead atoms. The lowest BCUT2D eigenvalue weighted by molar-refractivity contribution is 0.0985. The van der Waals surface area contributed by atoms with E-state index in [0.717, 1.165) is 25.9 Å². The lowest BCUT2D eigenvalue weighted by atomic mass is 10.2. The zero-order chi connectivity index (χ0) is 20.4. The van der Waals surface area contributed by atoms with E-state index in [0.29, 0.717) is 23.0 Å². The molecular weight excluding hydrogens is 450 g/mol. The highest BCUT2D eigenvalue weighted by molar-refractivity contribution is 9.10. The number of ether oxygens (including phenoxy) is 1. The fourth-order valence-electron chi connectivity index (χ4n) is 3.01. The minimum Gasteiger partial charge on any atom is -0.494 e. The van der Waals surface area contributed by atoms with E-state index in [4.69, 9.17) is 9.72 Å². The fourth-order valence-corrected chi connectivity index (χ4v) is 4.32. The molecule has 0 N–H and O–H groups in total. The summed E-state index contributed by atoms with van der Waals surface area (Å²) in [6.45, 7) is 2.36. The molecule has 0 aliphatic heterocycles. The minimum absolute atomic E-state index is 0.126. The molecule has 2 heterocycles. The fraction of sp³-hybridized carbons (Fsp3) is 0.136. The second-order valence-corrected chi connectivity index (χ2v) is 8.37. The van der Waals surface area contributed by atoms with Gasteiger partial charge in [0.1, 0.15) is 11.3 Å². The maximum Gasteiger partial charge on any atom is 0.260 e. The summed E-state index contributed by atoms with van der Waals surface area (Å²) in [5, 5.41) is 0.617. The summed E-state index contributed by atoms with van der Waals surface area (Å²) in [7, 11) is 1.63. The van der Waals surface area contributed by atoms with Crippen LogP contribution in [-0.4, -0.2) is 23.0 Å². The molecule has 7 heteroatoms. The van der Waals surface area contributed by atoms with Gasteiger partial charge >= 0.3 is 0 Å². The molecule has 0 spiro atoms. The first-order valence-corrected chi connectivity index (χ1v) is 10.6. The normalized spacial score (nSPS) is 10.9. The number of aromatic nitrogens is 2. The molecule has 0 radical (unpaired) electrons. The number of pyridine rings is 1. The van der Waals surface area contributed by atoms with E-state index in [1.54, 1.807) is 30.3 Å². The smallest absolute Gasteiger partial charge is 0.260 e. The Morgan fingerprint density at radius 2 is 1.93 bits per heavy atom. The summed E-state index contributed by atoms with van der Waals surface area (Å²) >= 11 is 4.90. The number of carbonyl (C=O) groups is 1. The van der Waals surface area contributed by atoms with E-state index in [9.17, 15) is 4.79 Å². The van der Waals surface area contributed by atoms with Crippen molar-refractivity contribution < 1.29 is 9.53 Å². The molecule has 0 aliphatic carbocycles. The highest BCUT2D eigenvalue weighted by atomic mass is 79.9. The van der Waals surface area contributed by atoms with Crippen molar-refractivity contribution in [2.24, 2.45) is 0 Å². The minimum atomic E-state index is -0.126. The molecule has 2 aromatic carbocycles. The third-order valence-corrected chi connectivity index (χ3v) is 6.27. The quantitative estimate of drug-likeness (QED) is 0.382. The SMILES string of the molecule is COc1ccc(C)c2sc(N(Cc3ccccn3)C(=O)c3ccc(Br)cc3)nc12. The second-order valence-electron chi connectivity index (χ2n) is 6.48. The van der Waals surface area contributed by atoms with Crippen molar-refractivity contribution in [2.45, 2.75) is 13.5 Å². The highest BCUT2D eigenvalue weighted by Crippen LogP contribution is 2.37. The monoisotopic (exact) mass is 467 g/mol. The van der Waals surface area contributed by atoms with Gasteiger partial charge in [0.15, 0.2) is 5.13 Å². The second kappa shape index (κ2) is 8.31. The van der Waals surface area contributed by atoms with E-state index in [1.807, 2.05) is 49.4 Å². The van der Waals surface area contributed by atoms with Crippen LogP contribution in [0.5, 0.6) is 5.75 Å². The first-order chi connectivity index (χ1) is 14.1.